The van der Waals surface area contributed by atoms with Crippen molar-refractivity contribution in [2.75, 3.05) is 32.8 Å². The lowest BCUT2D eigenvalue weighted by atomic mass is 10.00. The van der Waals surface area contributed by atoms with Gasteiger partial charge >= 0.3 is 0 Å². The van der Waals surface area contributed by atoms with Crippen LogP contribution in [0.5, 0.6) is 0 Å². The van der Waals surface area contributed by atoms with Crippen LogP contribution in [0.25, 0.3) is 0 Å². The van der Waals surface area contributed by atoms with Crippen molar-refractivity contribution in [1.82, 2.24) is 10.2 Å². The fraction of sp³-hybridized carbons (Fsp3) is 1.00. The van der Waals surface area contributed by atoms with Gasteiger partial charge in [0.15, 0.2) is 0 Å². The van der Waals surface area contributed by atoms with Crippen LogP contribution < -0.4 is 5.32 Å². The van der Waals surface area contributed by atoms with Gasteiger partial charge < -0.3 is 10.1 Å². The molecule has 0 amide bonds. The Morgan fingerprint density at radius 3 is 2.42 bits per heavy atom. The van der Waals surface area contributed by atoms with Gasteiger partial charge in [-0.1, -0.05) is 0 Å². The average molecular weight is 311 g/mol. The predicted molar refractivity (Wildman–Crippen MR) is 83.7 cm³/mol. The largest absolute Gasteiger partial charge is 0.377 e. The molecule has 0 bridgehead atoms. The topological polar surface area (TPSA) is 24.5 Å². The minimum Gasteiger partial charge on any atom is -0.377 e. The molecular weight excluding hydrogens is 283 g/mol. The maximum absolute atomic E-state index is 6.07. The van der Waals surface area contributed by atoms with E-state index in [0.29, 0.717) is 6.10 Å². The summed E-state index contributed by atoms with van der Waals surface area (Å²) in [5.74, 6) is 0.907. The van der Waals surface area contributed by atoms with Gasteiger partial charge in [0.05, 0.1) is 6.10 Å². The maximum Gasteiger partial charge on any atom is 0.0702 e. The molecule has 0 aromatic carbocycles. The van der Waals surface area contributed by atoms with E-state index >= 15 is 0 Å². The van der Waals surface area contributed by atoms with E-state index in [2.05, 4.69) is 10.2 Å². The number of hydrogen-bond acceptors (Lipinski definition) is 3. The first-order valence-electron chi connectivity index (χ1n) is 7.48. The minimum atomic E-state index is 0. The first kappa shape index (κ1) is 17.5. The minimum absolute atomic E-state index is 0. The first-order valence-corrected chi connectivity index (χ1v) is 7.48. The number of nitrogens with one attached hydrogen (secondary N) is 1. The summed E-state index contributed by atoms with van der Waals surface area (Å²) in [4.78, 5) is 2.70. The van der Waals surface area contributed by atoms with Gasteiger partial charge in [-0.15, -0.1) is 24.8 Å². The molecule has 3 aliphatic rings. The number of halogens is 2. The molecule has 5 heteroatoms. The predicted octanol–water partition coefficient (Wildman–Crippen LogP) is 2.47. The highest BCUT2D eigenvalue weighted by molar-refractivity contribution is 5.85. The Morgan fingerprint density at radius 1 is 1.00 bits per heavy atom. The van der Waals surface area contributed by atoms with Crippen molar-refractivity contribution in [2.45, 2.75) is 50.7 Å². The number of likely N-dealkylation sites (tertiary alicyclic amines) is 1. The zero-order valence-electron chi connectivity index (χ0n) is 11.7. The molecule has 3 nitrogen and oxygen atoms in total. The quantitative estimate of drug-likeness (QED) is 0.863. The zero-order chi connectivity index (χ0) is 11.5. The van der Waals surface area contributed by atoms with Crippen molar-refractivity contribution in [2.24, 2.45) is 5.92 Å². The van der Waals surface area contributed by atoms with Crippen LogP contribution in [0, 0.1) is 5.92 Å². The fourth-order valence-corrected chi connectivity index (χ4v) is 3.16. The van der Waals surface area contributed by atoms with Crippen molar-refractivity contribution in [3.05, 3.63) is 0 Å². The molecule has 1 N–H and O–H groups in total. The Hall–Kier alpha value is 0.460. The van der Waals surface area contributed by atoms with E-state index < -0.39 is 0 Å². The van der Waals surface area contributed by atoms with E-state index in [1.54, 1.807) is 0 Å². The van der Waals surface area contributed by atoms with Crippen molar-refractivity contribution >= 4 is 24.8 Å². The lowest BCUT2D eigenvalue weighted by Crippen LogP contribution is -2.49. The second-order valence-electron chi connectivity index (χ2n) is 6.02. The van der Waals surface area contributed by atoms with Crippen molar-refractivity contribution in [1.29, 1.82) is 0 Å². The lowest BCUT2D eigenvalue weighted by molar-refractivity contribution is -0.0204. The van der Waals surface area contributed by atoms with Gasteiger partial charge in [0.2, 0.25) is 0 Å². The molecule has 3 rings (SSSR count). The molecule has 3 fully saturated rings. The van der Waals surface area contributed by atoms with E-state index in [-0.39, 0.29) is 24.8 Å². The van der Waals surface area contributed by atoms with Crippen LogP contribution >= 0.6 is 24.8 Å². The number of ether oxygens (including phenoxy) is 1. The summed E-state index contributed by atoms with van der Waals surface area (Å²) in [5.41, 5.74) is 0. The monoisotopic (exact) mass is 310 g/mol. The fourth-order valence-electron chi connectivity index (χ4n) is 3.16. The second kappa shape index (κ2) is 8.68. The third kappa shape index (κ3) is 5.39. The Balaban J connectivity index is 0.000000902. The van der Waals surface area contributed by atoms with Gasteiger partial charge in [0.25, 0.3) is 0 Å². The molecule has 0 aromatic heterocycles. The van der Waals surface area contributed by atoms with Crippen LogP contribution in [-0.2, 0) is 4.74 Å². The van der Waals surface area contributed by atoms with Gasteiger partial charge in [0.1, 0.15) is 0 Å². The van der Waals surface area contributed by atoms with Crippen LogP contribution in [0.15, 0.2) is 0 Å². The third-order valence-corrected chi connectivity index (χ3v) is 4.50. The van der Waals surface area contributed by atoms with Crippen molar-refractivity contribution in [3.8, 4) is 0 Å². The lowest BCUT2D eigenvalue weighted by Gasteiger charge is -2.40. The summed E-state index contributed by atoms with van der Waals surface area (Å²) in [7, 11) is 0. The zero-order valence-corrected chi connectivity index (χ0v) is 13.3. The molecule has 0 aromatic rings. The molecule has 2 heterocycles. The first-order chi connectivity index (χ1) is 8.42. The SMILES string of the molecule is C1CC(OCC2CC2)CN(C2CCNCC2)C1.Cl.Cl. The molecule has 114 valence electrons. The molecule has 2 aliphatic heterocycles. The molecule has 2 saturated heterocycles. The number of hydrogen-bond donors (Lipinski definition) is 1. The molecule has 19 heavy (non-hydrogen) atoms. The average Bonchev–Trinajstić information content (AvgIpc) is 3.22. The maximum atomic E-state index is 6.07. The Kier molecular flexibility index (Phi) is 8.00. The van der Waals surface area contributed by atoms with E-state index in [0.717, 1.165) is 18.6 Å². The Morgan fingerprint density at radius 2 is 1.74 bits per heavy atom. The van der Waals surface area contributed by atoms with E-state index in [1.165, 1.54) is 64.7 Å². The normalized spacial score (nSPS) is 29.4. The summed E-state index contributed by atoms with van der Waals surface area (Å²) in [6.07, 6.45) is 8.62. The van der Waals surface area contributed by atoms with Crippen LogP contribution in [0.2, 0.25) is 0 Å². The van der Waals surface area contributed by atoms with Gasteiger partial charge in [-0.25, -0.2) is 0 Å². The van der Waals surface area contributed by atoms with Crippen molar-refractivity contribution < 1.29 is 4.74 Å². The standard InChI is InChI=1S/C14H26N2O.2ClH/c1-2-14(17-11-12-3-4-12)10-16(9-1)13-5-7-15-8-6-13;;/h12-15H,1-11H2;2*1H. The summed E-state index contributed by atoms with van der Waals surface area (Å²) < 4.78 is 6.07. The molecule has 0 radical (unpaired) electrons. The Bertz CT molecular complexity index is 246. The van der Waals surface area contributed by atoms with Crippen LogP contribution in [-0.4, -0.2) is 49.8 Å². The smallest absolute Gasteiger partial charge is 0.0702 e. The van der Waals surface area contributed by atoms with Crippen LogP contribution in [0.4, 0.5) is 0 Å². The second-order valence-corrected chi connectivity index (χ2v) is 6.02. The molecule has 1 saturated carbocycles. The Labute approximate surface area is 129 Å². The summed E-state index contributed by atoms with van der Waals surface area (Å²) >= 11 is 0. The molecule has 1 unspecified atom stereocenters. The summed E-state index contributed by atoms with van der Waals surface area (Å²) in [6.45, 7) is 5.93. The third-order valence-electron chi connectivity index (χ3n) is 4.50. The molecule has 1 aliphatic carbocycles. The number of piperidine rings is 2. The number of rotatable bonds is 4. The van der Waals surface area contributed by atoms with Crippen LogP contribution in [0.1, 0.15) is 38.5 Å². The van der Waals surface area contributed by atoms with Crippen molar-refractivity contribution in [3.63, 3.8) is 0 Å². The van der Waals surface area contributed by atoms with E-state index in [4.69, 9.17) is 4.74 Å². The van der Waals surface area contributed by atoms with E-state index in [1.807, 2.05) is 0 Å². The highest BCUT2D eigenvalue weighted by atomic mass is 35.5. The molecular formula is C14H28Cl2N2O. The summed E-state index contributed by atoms with van der Waals surface area (Å²) in [5, 5.41) is 3.46. The van der Waals surface area contributed by atoms with Gasteiger partial charge in [-0.05, 0) is 64.1 Å². The van der Waals surface area contributed by atoms with E-state index in [9.17, 15) is 0 Å². The number of nitrogens with zero attached hydrogens (tertiary/aromatic N) is 1. The highest BCUT2D eigenvalue weighted by Crippen LogP contribution is 2.30. The van der Waals surface area contributed by atoms with Crippen LogP contribution in [0.3, 0.4) is 0 Å². The molecule has 0 spiro atoms. The summed E-state index contributed by atoms with van der Waals surface area (Å²) in [6, 6.07) is 0.823. The van der Waals surface area contributed by atoms with Gasteiger partial charge in [0, 0.05) is 19.2 Å². The van der Waals surface area contributed by atoms with Gasteiger partial charge in [-0.3, -0.25) is 4.90 Å². The molecule has 1 atom stereocenters. The van der Waals surface area contributed by atoms with Gasteiger partial charge in [-0.2, -0.15) is 0 Å². The highest BCUT2D eigenvalue weighted by Gasteiger charge is 2.29.